The van der Waals surface area contributed by atoms with Gasteiger partial charge in [-0.05, 0) is 55.0 Å². The van der Waals surface area contributed by atoms with E-state index < -0.39 is 0 Å². The number of hydrogen-bond donors (Lipinski definition) is 0. The van der Waals surface area contributed by atoms with Crippen LogP contribution >= 0.6 is 0 Å². The molecular formula is C24H20N2O2. The second kappa shape index (κ2) is 8.06. The minimum atomic E-state index is -0.275. The van der Waals surface area contributed by atoms with Crippen LogP contribution in [0, 0.1) is 17.8 Å². The van der Waals surface area contributed by atoms with Crippen molar-refractivity contribution in [2.24, 2.45) is 5.92 Å². The number of allylic oxidation sites excluding steroid dienone is 3. The molecule has 28 heavy (non-hydrogen) atoms. The summed E-state index contributed by atoms with van der Waals surface area (Å²) in [5, 5.41) is 0. The third-order valence-electron chi connectivity index (χ3n) is 4.99. The molecule has 0 N–H and O–H groups in total. The number of imide groups is 1. The van der Waals surface area contributed by atoms with Gasteiger partial charge in [0.1, 0.15) is 5.69 Å². The maximum atomic E-state index is 12.5. The van der Waals surface area contributed by atoms with Crippen molar-refractivity contribution < 1.29 is 9.59 Å². The largest absolute Gasteiger partial charge is 0.278 e. The number of carbonyl (C=O) groups excluding carboxylic acids is 2. The third-order valence-corrected chi connectivity index (χ3v) is 4.99. The van der Waals surface area contributed by atoms with Crippen molar-refractivity contribution in [3.8, 4) is 11.8 Å². The average Bonchev–Trinajstić information content (AvgIpc) is 2.98. The van der Waals surface area contributed by atoms with Gasteiger partial charge in [0.2, 0.25) is 5.91 Å². The Hall–Kier alpha value is -3.45. The van der Waals surface area contributed by atoms with Crippen LogP contribution in [0.1, 0.15) is 29.7 Å². The van der Waals surface area contributed by atoms with E-state index in [1.165, 1.54) is 4.90 Å². The fourth-order valence-corrected chi connectivity index (χ4v) is 3.56. The Balaban J connectivity index is 1.37. The summed E-state index contributed by atoms with van der Waals surface area (Å²) in [6.45, 7) is 0.454. The van der Waals surface area contributed by atoms with Crippen molar-refractivity contribution in [3.05, 3.63) is 89.3 Å². The number of nitrogens with zero attached hydrogens (tertiary/aromatic N) is 2. The molecule has 0 radical (unpaired) electrons. The van der Waals surface area contributed by atoms with Gasteiger partial charge in [0, 0.05) is 23.9 Å². The number of hydrogen-bond acceptors (Lipinski definition) is 3. The zero-order chi connectivity index (χ0) is 19.3. The average molecular weight is 368 g/mol. The van der Waals surface area contributed by atoms with Crippen molar-refractivity contribution in [3.63, 3.8) is 0 Å². The molecule has 1 aromatic carbocycles. The molecule has 0 spiro atoms. The highest BCUT2D eigenvalue weighted by atomic mass is 16.2. The van der Waals surface area contributed by atoms with Crippen LogP contribution in [-0.4, -0.2) is 28.2 Å². The number of benzene rings is 1. The summed E-state index contributed by atoms with van der Waals surface area (Å²) in [5.74, 6) is 5.73. The number of likely N-dealkylation sites (tertiary alicyclic amines) is 1. The standard InChI is InChI=1S/C24H20N2O2/c27-23-21-11-1-2-12-22(21)24(28)26(23)16-6-9-18-7-5-8-19(17-18)13-14-20-10-3-4-15-25-20/h1-5,7-8,10-11,15,17,22H,6,9,12,16H2. The van der Waals surface area contributed by atoms with Gasteiger partial charge in [0.25, 0.3) is 5.91 Å². The number of rotatable bonds is 4. The zero-order valence-corrected chi connectivity index (χ0v) is 15.5. The fraction of sp³-hybridized carbons (Fsp3) is 0.208. The number of pyridine rings is 1. The molecule has 1 aromatic heterocycles. The smallest absolute Gasteiger partial charge is 0.257 e. The molecule has 1 fully saturated rings. The monoisotopic (exact) mass is 368 g/mol. The first kappa shape index (κ1) is 17.9. The van der Waals surface area contributed by atoms with E-state index in [4.69, 9.17) is 0 Å². The lowest BCUT2D eigenvalue weighted by molar-refractivity contribution is -0.139. The number of fused-ring (bicyclic) bond motifs is 1. The first-order valence-electron chi connectivity index (χ1n) is 9.47. The highest BCUT2D eigenvalue weighted by Gasteiger charge is 2.42. The van der Waals surface area contributed by atoms with E-state index in [0.29, 0.717) is 18.5 Å². The number of carbonyl (C=O) groups is 2. The summed E-state index contributed by atoms with van der Waals surface area (Å²) < 4.78 is 0. The van der Waals surface area contributed by atoms with Crippen LogP contribution in [0.25, 0.3) is 0 Å². The second-order valence-corrected chi connectivity index (χ2v) is 6.90. The van der Waals surface area contributed by atoms with Gasteiger partial charge < -0.3 is 0 Å². The molecule has 138 valence electrons. The Kier molecular flexibility index (Phi) is 5.16. The van der Waals surface area contributed by atoms with Gasteiger partial charge in [-0.3, -0.25) is 14.5 Å². The van der Waals surface area contributed by atoms with Crippen molar-refractivity contribution >= 4 is 11.8 Å². The lowest BCUT2D eigenvalue weighted by Crippen LogP contribution is -2.31. The summed E-state index contributed by atoms with van der Waals surface area (Å²) in [6.07, 6.45) is 9.46. The van der Waals surface area contributed by atoms with Crippen LogP contribution in [0.3, 0.4) is 0 Å². The SMILES string of the molecule is O=C1C2=CC=CCC2C(=O)N1CCCc1cccc(C#Cc2ccccn2)c1. The Morgan fingerprint density at radius 3 is 2.86 bits per heavy atom. The van der Waals surface area contributed by atoms with Gasteiger partial charge in [-0.1, -0.05) is 42.3 Å². The first-order valence-corrected chi connectivity index (χ1v) is 9.47. The molecule has 1 unspecified atom stereocenters. The highest BCUT2D eigenvalue weighted by molar-refractivity contribution is 6.15. The molecule has 2 aromatic rings. The van der Waals surface area contributed by atoms with E-state index in [2.05, 4.69) is 22.9 Å². The molecule has 1 aliphatic carbocycles. The Bertz CT molecular complexity index is 1030. The predicted molar refractivity (Wildman–Crippen MR) is 107 cm³/mol. The first-order chi connectivity index (χ1) is 13.7. The summed E-state index contributed by atoms with van der Waals surface area (Å²) in [5.41, 5.74) is 3.45. The number of aryl methyl sites for hydroxylation is 1. The van der Waals surface area contributed by atoms with Crippen molar-refractivity contribution in [1.82, 2.24) is 9.88 Å². The van der Waals surface area contributed by atoms with Crippen LogP contribution in [0.4, 0.5) is 0 Å². The molecule has 1 atom stereocenters. The van der Waals surface area contributed by atoms with E-state index in [1.807, 2.05) is 48.6 Å². The van der Waals surface area contributed by atoms with E-state index in [0.717, 1.165) is 29.7 Å². The van der Waals surface area contributed by atoms with Crippen molar-refractivity contribution in [1.29, 1.82) is 0 Å². The molecule has 4 nitrogen and oxygen atoms in total. The topological polar surface area (TPSA) is 50.3 Å². The summed E-state index contributed by atoms with van der Waals surface area (Å²) in [7, 11) is 0. The summed E-state index contributed by atoms with van der Waals surface area (Å²) in [6, 6.07) is 13.7. The van der Waals surface area contributed by atoms with Gasteiger partial charge in [0.15, 0.2) is 0 Å². The minimum absolute atomic E-state index is 0.0596. The van der Waals surface area contributed by atoms with E-state index in [1.54, 1.807) is 12.3 Å². The van der Waals surface area contributed by atoms with Gasteiger partial charge in [-0.2, -0.15) is 0 Å². The molecule has 4 rings (SSSR count). The molecule has 1 aliphatic heterocycles. The normalized spacial score (nSPS) is 17.8. The van der Waals surface area contributed by atoms with E-state index in [-0.39, 0.29) is 17.7 Å². The van der Waals surface area contributed by atoms with Crippen LogP contribution < -0.4 is 0 Å². The molecule has 0 bridgehead atoms. The molecule has 1 saturated heterocycles. The van der Waals surface area contributed by atoms with Crippen LogP contribution in [-0.2, 0) is 16.0 Å². The van der Waals surface area contributed by atoms with Crippen LogP contribution in [0.2, 0.25) is 0 Å². The lowest BCUT2D eigenvalue weighted by Gasteiger charge is -2.14. The van der Waals surface area contributed by atoms with Crippen molar-refractivity contribution in [2.75, 3.05) is 6.54 Å². The van der Waals surface area contributed by atoms with E-state index in [9.17, 15) is 9.59 Å². The van der Waals surface area contributed by atoms with Crippen molar-refractivity contribution in [2.45, 2.75) is 19.3 Å². The Labute approximate surface area is 164 Å². The highest BCUT2D eigenvalue weighted by Crippen LogP contribution is 2.31. The van der Waals surface area contributed by atoms with Gasteiger partial charge in [-0.15, -0.1) is 0 Å². The third kappa shape index (κ3) is 3.79. The van der Waals surface area contributed by atoms with Crippen LogP contribution in [0.5, 0.6) is 0 Å². The van der Waals surface area contributed by atoms with Crippen LogP contribution in [0.15, 0.2) is 72.5 Å². The molecule has 0 saturated carbocycles. The Morgan fingerprint density at radius 2 is 2.04 bits per heavy atom. The maximum Gasteiger partial charge on any atom is 0.257 e. The molecule has 2 heterocycles. The molecular weight excluding hydrogens is 348 g/mol. The summed E-state index contributed by atoms with van der Waals surface area (Å²) in [4.78, 5) is 30.5. The second-order valence-electron chi connectivity index (χ2n) is 6.90. The number of amides is 2. The molecule has 2 aliphatic rings. The zero-order valence-electron chi connectivity index (χ0n) is 15.5. The maximum absolute atomic E-state index is 12.5. The molecule has 2 amide bonds. The Morgan fingerprint density at radius 1 is 1.11 bits per heavy atom. The fourth-order valence-electron chi connectivity index (χ4n) is 3.56. The quantitative estimate of drug-likeness (QED) is 0.615. The molecule has 4 heteroatoms. The van der Waals surface area contributed by atoms with Gasteiger partial charge in [0.05, 0.1) is 5.92 Å². The summed E-state index contributed by atoms with van der Waals surface area (Å²) >= 11 is 0. The number of aromatic nitrogens is 1. The van der Waals surface area contributed by atoms with Gasteiger partial charge in [-0.25, -0.2) is 4.98 Å². The van der Waals surface area contributed by atoms with Gasteiger partial charge >= 0.3 is 0 Å². The lowest BCUT2D eigenvalue weighted by atomic mass is 9.94. The minimum Gasteiger partial charge on any atom is -0.278 e. The predicted octanol–water partition coefficient (Wildman–Crippen LogP) is 3.29. The van der Waals surface area contributed by atoms with E-state index >= 15 is 0 Å².